The normalized spacial score (nSPS) is 38.1. The van der Waals surface area contributed by atoms with Crippen LogP contribution in [0.2, 0.25) is 0 Å². The monoisotopic (exact) mass is 173 g/mol. The molecule has 1 saturated heterocycles. The Bertz CT molecular complexity index is 193. The van der Waals surface area contributed by atoms with Gasteiger partial charge in [-0.2, -0.15) is 0 Å². The van der Waals surface area contributed by atoms with Gasteiger partial charge >= 0.3 is 5.97 Å². The fourth-order valence-electron chi connectivity index (χ4n) is 1.71. The van der Waals surface area contributed by atoms with Crippen LogP contribution in [0.15, 0.2) is 0 Å². The zero-order chi connectivity index (χ0) is 9.35. The molecule has 0 amide bonds. The van der Waals surface area contributed by atoms with E-state index in [1.807, 2.05) is 6.92 Å². The molecule has 70 valence electrons. The third kappa shape index (κ3) is 1.32. The second-order valence-electron chi connectivity index (χ2n) is 3.54. The van der Waals surface area contributed by atoms with Gasteiger partial charge in [-0.1, -0.05) is 0 Å². The molecule has 0 aromatic carbocycles. The highest BCUT2D eigenvalue weighted by molar-refractivity contribution is 5.80. The van der Waals surface area contributed by atoms with E-state index in [0.29, 0.717) is 6.42 Å². The van der Waals surface area contributed by atoms with Gasteiger partial charge in [-0.05, 0) is 26.7 Å². The molecule has 4 heteroatoms. The first-order chi connectivity index (χ1) is 5.49. The number of nitrogens with one attached hydrogen (secondary N) is 1. The summed E-state index contributed by atoms with van der Waals surface area (Å²) in [6.45, 7) is 3.44. The summed E-state index contributed by atoms with van der Waals surface area (Å²) in [6.07, 6.45) is 0.457. The molecule has 3 atom stereocenters. The molecule has 0 aliphatic carbocycles. The van der Waals surface area contributed by atoms with Crippen LogP contribution < -0.4 is 5.32 Å². The maximum absolute atomic E-state index is 10.9. The first kappa shape index (κ1) is 9.48. The van der Waals surface area contributed by atoms with E-state index in [1.165, 1.54) is 6.92 Å². The summed E-state index contributed by atoms with van der Waals surface area (Å²) in [5.41, 5.74) is -1.11. The van der Waals surface area contributed by atoms with E-state index in [4.69, 9.17) is 5.11 Å². The molecule has 1 aliphatic rings. The van der Waals surface area contributed by atoms with Crippen molar-refractivity contribution < 1.29 is 15.0 Å². The van der Waals surface area contributed by atoms with Crippen molar-refractivity contribution in [3.63, 3.8) is 0 Å². The molecule has 1 fully saturated rings. The van der Waals surface area contributed by atoms with E-state index >= 15 is 0 Å². The molecule has 12 heavy (non-hydrogen) atoms. The maximum Gasteiger partial charge on any atom is 0.326 e. The number of aliphatic hydroxyl groups is 1. The van der Waals surface area contributed by atoms with Gasteiger partial charge < -0.3 is 10.2 Å². The van der Waals surface area contributed by atoms with Gasteiger partial charge in [-0.3, -0.25) is 10.1 Å². The lowest BCUT2D eigenvalue weighted by atomic mass is 9.92. The van der Waals surface area contributed by atoms with Crippen LogP contribution in [0.4, 0.5) is 0 Å². The van der Waals surface area contributed by atoms with Crippen LogP contribution in [0, 0.1) is 0 Å². The molecule has 1 rings (SSSR count). The highest BCUT2D eigenvalue weighted by Gasteiger charge is 2.47. The molecule has 0 radical (unpaired) electrons. The number of hydrogen-bond donors (Lipinski definition) is 3. The molecule has 3 N–H and O–H groups in total. The standard InChI is InChI=1S/C8H15NO3/c1-5-3-4-8(9-5,6(2)10)7(11)12/h5-6,9-10H,3-4H2,1-2H3,(H,11,12). The van der Waals surface area contributed by atoms with Gasteiger partial charge in [0, 0.05) is 6.04 Å². The van der Waals surface area contributed by atoms with E-state index in [-0.39, 0.29) is 6.04 Å². The summed E-state index contributed by atoms with van der Waals surface area (Å²) in [7, 11) is 0. The van der Waals surface area contributed by atoms with Crippen molar-refractivity contribution >= 4 is 5.97 Å². The average Bonchev–Trinajstić information content (AvgIpc) is 2.32. The minimum absolute atomic E-state index is 0.177. The van der Waals surface area contributed by atoms with E-state index < -0.39 is 17.6 Å². The number of carboxylic acids is 1. The van der Waals surface area contributed by atoms with Gasteiger partial charge in [-0.25, -0.2) is 0 Å². The highest BCUT2D eigenvalue weighted by Crippen LogP contribution is 2.26. The molecule has 1 aliphatic heterocycles. The Morgan fingerprint density at radius 3 is 2.50 bits per heavy atom. The van der Waals surface area contributed by atoms with Crippen molar-refractivity contribution in [2.45, 2.75) is 44.4 Å². The summed E-state index contributed by atoms with van der Waals surface area (Å²) in [4.78, 5) is 10.9. The Morgan fingerprint density at radius 1 is 1.75 bits per heavy atom. The fourth-order valence-corrected chi connectivity index (χ4v) is 1.71. The molecule has 1 heterocycles. The predicted octanol–water partition coefficient (Wildman–Crippen LogP) is -0.0375. The van der Waals surface area contributed by atoms with Gasteiger partial charge in [0.15, 0.2) is 0 Å². The van der Waals surface area contributed by atoms with Crippen molar-refractivity contribution in [3.8, 4) is 0 Å². The zero-order valence-corrected chi connectivity index (χ0v) is 7.37. The fraction of sp³-hybridized carbons (Fsp3) is 0.875. The van der Waals surface area contributed by atoms with E-state index in [2.05, 4.69) is 5.32 Å². The molecule has 4 nitrogen and oxygen atoms in total. The summed E-state index contributed by atoms with van der Waals surface area (Å²) >= 11 is 0. The first-order valence-electron chi connectivity index (χ1n) is 4.18. The second-order valence-corrected chi connectivity index (χ2v) is 3.54. The quantitative estimate of drug-likeness (QED) is 0.548. The number of rotatable bonds is 2. The summed E-state index contributed by atoms with van der Waals surface area (Å²) in [5.74, 6) is -0.957. The van der Waals surface area contributed by atoms with E-state index in [0.717, 1.165) is 6.42 Å². The van der Waals surface area contributed by atoms with Crippen molar-refractivity contribution in [2.24, 2.45) is 0 Å². The summed E-state index contributed by atoms with van der Waals surface area (Å²) < 4.78 is 0. The van der Waals surface area contributed by atoms with E-state index in [9.17, 15) is 9.90 Å². The Balaban J connectivity index is 2.82. The van der Waals surface area contributed by atoms with Crippen LogP contribution in [-0.2, 0) is 4.79 Å². The predicted molar refractivity (Wildman–Crippen MR) is 43.9 cm³/mol. The lowest BCUT2D eigenvalue weighted by Crippen LogP contribution is -2.56. The third-order valence-corrected chi connectivity index (χ3v) is 2.57. The summed E-state index contributed by atoms with van der Waals surface area (Å²) in [5, 5.41) is 21.2. The lowest BCUT2D eigenvalue weighted by molar-refractivity contribution is -0.148. The highest BCUT2D eigenvalue weighted by atomic mass is 16.4. The van der Waals surface area contributed by atoms with Crippen LogP contribution in [0.25, 0.3) is 0 Å². The maximum atomic E-state index is 10.9. The first-order valence-corrected chi connectivity index (χ1v) is 4.18. The number of aliphatic hydroxyl groups excluding tert-OH is 1. The van der Waals surface area contributed by atoms with Gasteiger partial charge in [0.05, 0.1) is 6.10 Å². The van der Waals surface area contributed by atoms with Gasteiger partial charge in [0.1, 0.15) is 5.54 Å². The SMILES string of the molecule is CC1CCC(C(=O)O)(C(C)O)N1. The van der Waals surface area contributed by atoms with Crippen LogP contribution in [0.1, 0.15) is 26.7 Å². The minimum atomic E-state index is -1.11. The molecule has 3 unspecified atom stereocenters. The van der Waals surface area contributed by atoms with Crippen molar-refractivity contribution in [1.29, 1.82) is 0 Å². The lowest BCUT2D eigenvalue weighted by Gasteiger charge is -2.28. The Kier molecular flexibility index (Phi) is 2.39. The van der Waals surface area contributed by atoms with Crippen LogP contribution in [0.5, 0.6) is 0 Å². The number of carbonyl (C=O) groups is 1. The van der Waals surface area contributed by atoms with Gasteiger partial charge in [0.25, 0.3) is 0 Å². The van der Waals surface area contributed by atoms with Crippen LogP contribution >= 0.6 is 0 Å². The molecular formula is C8H15NO3. The zero-order valence-electron chi connectivity index (χ0n) is 7.37. The summed E-state index contributed by atoms with van der Waals surface area (Å²) in [6, 6.07) is 0.177. The molecular weight excluding hydrogens is 158 g/mol. The van der Waals surface area contributed by atoms with Crippen molar-refractivity contribution in [1.82, 2.24) is 5.32 Å². The van der Waals surface area contributed by atoms with Gasteiger partial charge in [-0.15, -0.1) is 0 Å². The average molecular weight is 173 g/mol. The Morgan fingerprint density at radius 2 is 2.33 bits per heavy atom. The number of carboxylic acid groups (broad SMARTS) is 1. The minimum Gasteiger partial charge on any atom is -0.480 e. The van der Waals surface area contributed by atoms with Gasteiger partial charge in [0.2, 0.25) is 0 Å². The van der Waals surface area contributed by atoms with Crippen LogP contribution in [0.3, 0.4) is 0 Å². The number of aliphatic carboxylic acids is 1. The molecule has 0 aromatic rings. The third-order valence-electron chi connectivity index (χ3n) is 2.57. The topological polar surface area (TPSA) is 69.6 Å². The van der Waals surface area contributed by atoms with Crippen molar-refractivity contribution in [2.75, 3.05) is 0 Å². The second kappa shape index (κ2) is 3.03. The van der Waals surface area contributed by atoms with Crippen molar-refractivity contribution in [3.05, 3.63) is 0 Å². The molecule has 0 saturated carbocycles. The Labute approximate surface area is 71.6 Å². The molecule has 0 spiro atoms. The van der Waals surface area contributed by atoms with Crippen LogP contribution in [-0.4, -0.2) is 33.9 Å². The Hall–Kier alpha value is -0.610. The smallest absolute Gasteiger partial charge is 0.326 e. The molecule has 0 bridgehead atoms. The van der Waals surface area contributed by atoms with E-state index in [1.54, 1.807) is 0 Å². The molecule has 0 aromatic heterocycles. The largest absolute Gasteiger partial charge is 0.480 e. The number of hydrogen-bond acceptors (Lipinski definition) is 3.